The van der Waals surface area contributed by atoms with Crippen LogP contribution in [0.3, 0.4) is 0 Å². The van der Waals surface area contributed by atoms with Crippen LogP contribution in [0, 0.1) is 10.1 Å². The molecular formula is C26H26N2O5. The number of rotatable bonds is 9. The summed E-state index contributed by atoms with van der Waals surface area (Å²) in [5, 5.41) is 12.7. The number of benzene rings is 3. The predicted octanol–water partition coefficient (Wildman–Crippen LogP) is 5.12. The van der Waals surface area contributed by atoms with Crippen molar-refractivity contribution >= 4 is 10.9 Å². The van der Waals surface area contributed by atoms with Gasteiger partial charge < -0.3 is 18.8 Å². The summed E-state index contributed by atoms with van der Waals surface area (Å²) in [6.07, 6.45) is 2.02. The van der Waals surface area contributed by atoms with Gasteiger partial charge in [0.05, 0.1) is 27.2 Å². The number of hydrogen-bond acceptors (Lipinski definition) is 5. The van der Waals surface area contributed by atoms with E-state index in [1.165, 1.54) is 21.3 Å². The molecule has 4 aromatic rings. The molecule has 1 atom stereocenters. The normalized spacial score (nSPS) is 11.8. The van der Waals surface area contributed by atoms with Gasteiger partial charge in [0.25, 0.3) is 0 Å². The molecule has 0 aliphatic carbocycles. The first-order valence-corrected chi connectivity index (χ1v) is 10.6. The van der Waals surface area contributed by atoms with E-state index in [4.69, 9.17) is 14.2 Å². The molecule has 0 spiro atoms. The van der Waals surface area contributed by atoms with Crippen LogP contribution >= 0.6 is 0 Å². The number of ether oxygens (including phenoxy) is 3. The quantitative estimate of drug-likeness (QED) is 0.263. The van der Waals surface area contributed by atoms with E-state index < -0.39 is 5.92 Å². The lowest BCUT2D eigenvalue weighted by atomic mass is 9.90. The van der Waals surface area contributed by atoms with E-state index in [1.807, 2.05) is 48.7 Å². The number of aromatic nitrogens is 1. The average Bonchev–Trinajstić information content (AvgIpc) is 3.20. The Morgan fingerprint density at radius 2 is 1.55 bits per heavy atom. The lowest BCUT2D eigenvalue weighted by molar-refractivity contribution is -0.481. The second-order valence-electron chi connectivity index (χ2n) is 7.74. The summed E-state index contributed by atoms with van der Waals surface area (Å²) in [7, 11) is 4.61. The second kappa shape index (κ2) is 9.65. The van der Waals surface area contributed by atoms with Crippen molar-refractivity contribution in [1.29, 1.82) is 0 Å². The Morgan fingerprint density at radius 3 is 2.15 bits per heavy atom. The van der Waals surface area contributed by atoms with Crippen LogP contribution in [0.15, 0.2) is 72.9 Å². The molecule has 1 heterocycles. The standard InChI is InChI=1S/C26H26N2O5/c1-31-24-13-19(14-25(32-2)26(24)33-3)21(17-28(29)30)22-16-27(15-18-9-5-4-6-10-18)23-12-8-7-11-20(22)23/h4-14,16,21H,15,17H2,1-3H3. The molecule has 7 nitrogen and oxygen atoms in total. The summed E-state index contributed by atoms with van der Waals surface area (Å²) in [6.45, 7) is 0.403. The molecule has 0 bridgehead atoms. The highest BCUT2D eigenvalue weighted by atomic mass is 16.6. The minimum Gasteiger partial charge on any atom is -0.493 e. The maximum atomic E-state index is 11.7. The van der Waals surface area contributed by atoms with Gasteiger partial charge in [0.15, 0.2) is 11.5 Å². The van der Waals surface area contributed by atoms with E-state index in [2.05, 4.69) is 16.7 Å². The van der Waals surface area contributed by atoms with Gasteiger partial charge in [-0.25, -0.2) is 0 Å². The van der Waals surface area contributed by atoms with Crippen LogP contribution in [0.2, 0.25) is 0 Å². The van der Waals surface area contributed by atoms with E-state index in [0.29, 0.717) is 23.8 Å². The van der Waals surface area contributed by atoms with Crippen molar-refractivity contribution in [2.45, 2.75) is 12.5 Å². The van der Waals surface area contributed by atoms with Gasteiger partial charge in [-0.3, -0.25) is 10.1 Å². The van der Waals surface area contributed by atoms with Gasteiger partial charge in [-0.1, -0.05) is 48.5 Å². The summed E-state index contributed by atoms with van der Waals surface area (Å²) in [6, 6.07) is 21.7. The minimum absolute atomic E-state index is 0.266. The molecule has 0 N–H and O–H groups in total. The number of nitro groups is 1. The van der Waals surface area contributed by atoms with Gasteiger partial charge in [0.2, 0.25) is 12.3 Å². The van der Waals surface area contributed by atoms with E-state index >= 15 is 0 Å². The fourth-order valence-electron chi connectivity index (χ4n) is 4.30. The SMILES string of the molecule is COc1cc(C(C[N+](=O)[O-])c2cn(Cc3ccccc3)c3ccccc23)cc(OC)c1OC. The first-order valence-electron chi connectivity index (χ1n) is 10.6. The fraction of sp³-hybridized carbons (Fsp3) is 0.231. The zero-order chi connectivity index (χ0) is 23.4. The van der Waals surface area contributed by atoms with Gasteiger partial charge in [0.1, 0.15) is 0 Å². The topological polar surface area (TPSA) is 75.8 Å². The largest absolute Gasteiger partial charge is 0.493 e. The van der Waals surface area contributed by atoms with Crippen LogP contribution in [0.1, 0.15) is 22.6 Å². The van der Waals surface area contributed by atoms with Crippen molar-refractivity contribution < 1.29 is 19.1 Å². The molecule has 0 saturated carbocycles. The number of fused-ring (bicyclic) bond motifs is 1. The third kappa shape index (κ3) is 4.48. The summed E-state index contributed by atoms with van der Waals surface area (Å²) in [5.74, 6) is 0.882. The van der Waals surface area contributed by atoms with Crippen molar-refractivity contribution in [3.63, 3.8) is 0 Å². The molecule has 0 amide bonds. The number of para-hydroxylation sites is 1. The maximum Gasteiger partial charge on any atom is 0.214 e. The van der Waals surface area contributed by atoms with Gasteiger partial charge in [-0.15, -0.1) is 0 Å². The molecule has 3 aromatic carbocycles. The Kier molecular flexibility index (Phi) is 6.49. The second-order valence-corrected chi connectivity index (χ2v) is 7.74. The Hall–Kier alpha value is -4.00. The van der Waals surface area contributed by atoms with Crippen LogP contribution in [-0.2, 0) is 6.54 Å². The molecule has 0 aliphatic heterocycles. The van der Waals surface area contributed by atoms with E-state index in [1.54, 1.807) is 12.1 Å². The molecule has 170 valence electrons. The van der Waals surface area contributed by atoms with E-state index in [-0.39, 0.29) is 11.5 Å². The van der Waals surface area contributed by atoms with Crippen molar-refractivity contribution in [2.75, 3.05) is 27.9 Å². The molecule has 1 aromatic heterocycles. The Bertz CT molecular complexity index is 1240. The first-order chi connectivity index (χ1) is 16.0. The van der Waals surface area contributed by atoms with Crippen LogP contribution in [0.5, 0.6) is 17.2 Å². The number of nitrogens with zero attached hydrogens (tertiary/aromatic N) is 2. The summed E-state index contributed by atoms with van der Waals surface area (Å²) in [4.78, 5) is 11.5. The van der Waals surface area contributed by atoms with Gasteiger partial charge in [-0.05, 0) is 34.9 Å². The lowest BCUT2D eigenvalue weighted by Crippen LogP contribution is -2.14. The van der Waals surface area contributed by atoms with Crippen LogP contribution in [0.4, 0.5) is 0 Å². The van der Waals surface area contributed by atoms with Crippen molar-refractivity contribution in [1.82, 2.24) is 4.57 Å². The zero-order valence-corrected chi connectivity index (χ0v) is 18.9. The Labute approximate surface area is 192 Å². The molecule has 1 unspecified atom stereocenters. The summed E-state index contributed by atoms with van der Waals surface area (Å²) >= 11 is 0. The van der Waals surface area contributed by atoms with Crippen molar-refractivity contribution in [2.24, 2.45) is 0 Å². The smallest absolute Gasteiger partial charge is 0.214 e. The van der Waals surface area contributed by atoms with Gasteiger partial charge >= 0.3 is 0 Å². The fourth-order valence-corrected chi connectivity index (χ4v) is 4.30. The Morgan fingerprint density at radius 1 is 0.909 bits per heavy atom. The van der Waals surface area contributed by atoms with Crippen LogP contribution in [-0.4, -0.2) is 37.4 Å². The number of methoxy groups -OCH3 is 3. The first kappa shape index (κ1) is 22.2. The molecule has 0 fully saturated rings. The molecule has 33 heavy (non-hydrogen) atoms. The molecule has 0 radical (unpaired) electrons. The van der Waals surface area contributed by atoms with Crippen molar-refractivity contribution in [3.05, 3.63) is 99.7 Å². The highest BCUT2D eigenvalue weighted by molar-refractivity contribution is 5.85. The lowest BCUT2D eigenvalue weighted by Gasteiger charge is -2.18. The van der Waals surface area contributed by atoms with Crippen LogP contribution in [0.25, 0.3) is 10.9 Å². The third-order valence-corrected chi connectivity index (χ3v) is 5.81. The van der Waals surface area contributed by atoms with E-state index in [0.717, 1.165) is 27.6 Å². The minimum atomic E-state index is -0.504. The monoisotopic (exact) mass is 446 g/mol. The van der Waals surface area contributed by atoms with Crippen LogP contribution < -0.4 is 14.2 Å². The predicted molar refractivity (Wildman–Crippen MR) is 127 cm³/mol. The average molecular weight is 447 g/mol. The van der Waals surface area contributed by atoms with Gasteiger partial charge in [-0.2, -0.15) is 0 Å². The molecule has 4 rings (SSSR count). The highest BCUT2D eigenvalue weighted by Crippen LogP contribution is 2.42. The molecule has 0 saturated heterocycles. The van der Waals surface area contributed by atoms with Crippen molar-refractivity contribution in [3.8, 4) is 17.2 Å². The van der Waals surface area contributed by atoms with Gasteiger partial charge in [0, 0.05) is 28.6 Å². The summed E-state index contributed by atoms with van der Waals surface area (Å²) in [5.41, 5.74) is 3.79. The van der Waals surface area contributed by atoms with E-state index in [9.17, 15) is 10.1 Å². The Balaban J connectivity index is 1.88. The summed E-state index contributed by atoms with van der Waals surface area (Å²) < 4.78 is 18.6. The molecular weight excluding hydrogens is 420 g/mol. The zero-order valence-electron chi connectivity index (χ0n) is 18.9. The third-order valence-electron chi connectivity index (χ3n) is 5.81. The molecule has 7 heteroatoms. The molecule has 0 aliphatic rings. The maximum absolute atomic E-state index is 11.7. The number of hydrogen-bond donors (Lipinski definition) is 0. The highest BCUT2D eigenvalue weighted by Gasteiger charge is 2.27.